The van der Waals surface area contributed by atoms with Crippen molar-refractivity contribution in [1.82, 2.24) is 10.2 Å². The van der Waals surface area contributed by atoms with Gasteiger partial charge in [0.1, 0.15) is 0 Å². The van der Waals surface area contributed by atoms with Gasteiger partial charge >= 0.3 is 6.03 Å². The van der Waals surface area contributed by atoms with E-state index in [1.165, 1.54) is 11.1 Å². The summed E-state index contributed by atoms with van der Waals surface area (Å²) in [7, 11) is 0. The van der Waals surface area contributed by atoms with Gasteiger partial charge in [0.25, 0.3) is 0 Å². The molecule has 0 saturated carbocycles. The normalized spacial score (nSPS) is 11.1. The summed E-state index contributed by atoms with van der Waals surface area (Å²) >= 11 is 0. The van der Waals surface area contributed by atoms with E-state index in [0.717, 1.165) is 49.3 Å². The quantitative estimate of drug-likeness (QED) is 0.338. The van der Waals surface area contributed by atoms with Crippen LogP contribution in [0, 0.1) is 12.8 Å². The molecule has 0 aliphatic carbocycles. The van der Waals surface area contributed by atoms with Crippen molar-refractivity contribution in [2.75, 3.05) is 31.5 Å². The lowest BCUT2D eigenvalue weighted by atomic mass is 10.0. The second-order valence-electron chi connectivity index (χ2n) is 9.08. The molecule has 0 atom stereocenters. The molecule has 0 heterocycles. The van der Waals surface area contributed by atoms with Crippen molar-refractivity contribution in [3.8, 4) is 11.1 Å². The molecule has 2 N–H and O–H groups in total. The lowest BCUT2D eigenvalue weighted by Crippen LogP contribution is -2.35. The predicted molar refractivity (Wildman–Crippen MR) is 140 cm³/mol. The molecule has 0 unspecified atom stereocenters. The molecule has 0 aliphatic rings. The summed E-state index contributed by atoms with van der Waals surface area (Å²) in [5, 5.41) is 6.04. The number of urea groups is 1. The Morgan fingerprint density at radius 2 is 1.58 bits per heavy atom. The fourth-order valence-electron chi connectivity index (χ4n) is 3.99. The van der Waals surface area contributed by atoms with Crippen LogP contribution in [0.2, 0.25) is 0 Å². The highest BCUT2D eigenvalue weighted by Gasteiger charge is 2.10. The van der Waals surface area contributed by atoms with Crippen LogP contribution in [-0.2, 0) is 6.42 Å². The number of aryl methyl sites for hydroxylation is 1. The first kappa shape index (κ1) is 24.5. The smallest absolute Gasteiger partial charge is 0.319 e. The molecule has 0 saturated heterocycles. The first-order chi connectivity index (χ1) is 16.0. The summed E-state index contributed by atoms with van der Waals surface area (Å²) in [6, 6.07) is 26.7. The van der Waals surface area contributed by atoms with E-state index >= 15 is 0 Å². The van der Waals surface area contributed by atoms with Crippen molar-refractivity contribution >= 4 is 11.7 Å². The third-order valence-corrected chi connectivity index (χ3v) is 5.66. The fraction of sp³-hybridized carbons (Fsp3) is 0.345. The number of nitrogens with one attached hydrogen (secondary N) is 2. The van der Waals surface area contributed by atoms with E-state index in [1.54, 1.807) is 0 Å². The van der Waals surface area contributed by atoms with E-state index in [1.807, 2.05) is 42.5 Å². The number of amides is 2. The number of carbonyl (C=O) groups excluding carboxylic acids is 1. The summed E-state index contributed by atoms with van der Waals surface area (Å²) in [6.07, 6.45) is 1.98. The van der Waals surface area contributed by atoms with Gasteiger partial charge in [-0.3, -0.25) is 0 Å². The van der Waals surface area contributed by atoms with Gasteiger partial charge in [0.2, 0.25) is 0 Å². The first-order valence-electron chi connectivity index (χ1n) is 12.0. The SMILES string of the molecule is Cc1ccc(CCN(CCCNC(=O)Nc2ccccc2-c2ccccc2)CC(C)C)cc1. The van der Waals surface area contributed by atoms with Gasteiger partial charge in [-0.25, -0.2) is 4.79 Å². The molecule has 0 radical (unpaired) electrons. The molecule has 4 nitrogen and oxygen atoms in total. The Bertz CT molecular complexity index is 983. The van der Waals surface area contributed by atoms with Crippen molar-refractivity contribution in [2.45, 2.75) is 33.6 Å². The zero-order valence-corrected chi connectivity index (χ0v) is 20.2. The molecule has 0 aliphatic heterocycles. The molecule has 174 valence electrons. The van der Waals surface area contributed by atoms with E-state index in [4.69, 9.17) is 0 Å². The maximum absolute atomic E-state index is 12.5. The Balaban J connectivity index is 1.45. The Hall–Kier alpha value is -3.11. The molecule has 2 amide bonds. The van der Waals surface area contributed by atoms with Crippen LogP contribution in [-0.4, -0.2) is 37.1 Å². The second-order valence-corrected chi connectivity index (χ2v) is 9.08. The summed E-state index contributed by atoms with van der Waals surface area (Å²) in [4.78, 5) is 15.0. The van der Waals surface area contributed by atoms with Crippen LogP contribution in [0.5, 0.6) is 0 Å². The number of hydrogen-bond acceptors (Lipinski definition) is 2. The molecule has 0 aromatic heterocycles. The average molecular weight is 444 g/mol. The van der Waals surface area contributed by atoms with Gasteiger partial charge < -0.3 is 15.5 Å². The third-order valence-electron chi connectivity index (χ3n) is 5.66. The highest BCUT2D eigenvalue weighted by atomic mass is 16.2. The summed E-state index contributed by atoms with van der Waals surface area (Å²) < 4.78 is 0. The highest BCUT2D eigenvalue weighted by molar-refractivity contribution is 5.94. The van der Waals surface area contributed by atoms with Crippen molar-refractivity contribution < 1.29 is 4.79 Å². The molecule has 4 heteroatoms. The van der Waals surface area contributed by atoms with Gasteiger partial charge in [0.05, 0.1) is 5.69 Å². The Labute approximate surface area is 199 Å². The average Bonchev–Trinajstić information content (AvgIpc) is 2.82. The van der Waals surface area contributed by atoms with Crippen LogP contribution in [0.3, 0.4) is 0 Å². The number of carbonyl (C=O) groups is 1. The predicted octanol–water partition coefficient (Wildman–Crippen LogP) is 6.37. The van der Waals surface area contributed by atoms with Crippen LogP contribution >= 0.6 is 0 Å². The number of nitrogens with zero attached hydrogens (tertiary/aromatic N) is 1. The molecule has 0 bridgehead atoms. The van der Waals surface area contributed by atoms with E-state index in [-0.39, 0.29) is 6.03 Å². The number of para-hydroxylation sites is 1. The van der Waals surface area contributed by atoms with Crippen molar-refractivity contribution in [1.29, 1.82) is 0 Å². The summed E-state index contributed by atoms with van der Waals surface area (Å²) in [5.41, 5.74) is 5.61. The van der Waals surface area contributed by atoms with E-state index in [0.29, 0.717) is 12.5 Å². The Morgan fingerprint density at radius 3 is 2.30 bits per heavy atom. The van der Waals surface area contributed by atoms with Crippen molar-refractivity contribution in [3.63, 3.8) is 0 Å². The topological polar surface area (TPSA) is 44.4 Å². The van der Waals surface area contributed by atoms with Crippen LogP contribution in [0.4, 0.5) is 10.5 Å². The molecule has 3 aromatic carbocycles. The van der Waals surface area contributed by atoms with Crippen LogP contribution in [0.25, 0.3) is 11.1 Å². The van der Waals surface area contributed by atoms with Gasteiger partial charge in [-0.05, 0) is 49.4 Å². The second kappa shape index (κ2) is 12.8. The summed E-state index contributed by atoms with van der Waals surface area (Å²) in [5.74, 6) is 0.619. The molecular weight excluding hydrogens is 406 g/mol. The third kappa shape index (κ3) is 8.39. The summed E-state index contributed by atoms with van der Waals surface area (Å²) in [6.45, 7) is 10.4. The van der Waals surface area contributed by atoms with Crippen LogP contribution in [0.15, 0.2) is 78.9 Å². The number of benzene rings is 3. The zero-order valence-electron chi connectivity index (χ0n) is 20.2. The highest BCUT2D eigenvalue weighted by Crippen LogP contribution is 2.27. The standard InChI is InChI=1S/C29H37N3O/c1-23(2)22-32(21-18-25-16-14-24(3)15-17-25)20-9-19-30-29(33)31-28-13-8-7-12-27(28)26-10-5-4-6-11-26/h4-8,10-17,23H,9,18-22H2,1-3H3,(H2,30,31,33). The number of rotatable bonds is 11. The van der Waals surface area contributed by atoms with Crippen LogP contribution in [0.1, 0.15) is 31.4 Å². The van der Waals surface area contributed by atoms with Gasteiger partial charge in [0, 0.05) is 25.2 Å². The minimum Gasteiger partial charge on any atom is -0.338 e. The lowest BCUT2D eigenvalue weighted by molar-refractivity contribution is 0.238. The van der Waals surface area contributed by atoms with Gasteiger partial charge in [-0.1, -0.05) is 92.2 Å². The van der Waals surface area contributed by atoms with Gasteiger partial charge in [-0.15, -0.1) is 0 Å². The number of hydrogen-bond donors (Lipinski definition) is 2. The minimum absolute atomic E-state index is 0.159. The zero-order chi connectivity index (χ0) is 23.5. The lowest BCUT2D eigenvalue weighted by Gasteiger charge is -2.24. The Morgan fingerprint density at radius 1 is 0.879 bits per heavy atom. The monoisotopic (exact) mass is 443 g/mol. The van der Waals surface area contributed by atoms with Crippen LogP contribution < -0.4 is 10.6 Å². The van der Waals surface area contributed by atoms with E-state index in [2.05, 4.69) is 72.7 Å². The minimum atomic E-state index is -0.159. The maximum Gasteiger partial charge on any atom is 0.319 e. The molecule has 3 aromatic rings. The largest absolute Gasteiger partial charge is 0.338 e. The molecule has 33 heavy (non-hydrogen) atoms. The van der Waals surface area contributed by atoms with Crippen molar-refractivity contribution in [2.24, 2.45) is 5.92 Å². The molecular formula is C29H37N3O. The van der Waals surface area contributed by atoms with Gasteiger partial charge in [-0.2, -0.15) is 0 Å². The van der Waals surface area contributed by atoms with E-state index in [9.17, 15) is 4.79 Å². The van der Waals surface area contributed by atoms with Crippen molar-refractivity contribution in [3.05, 3.63) is 90.0 Å². The molecule has 0 spiro atoms. The molecule has 3 rings (SSSR count). The fourth-order valence-corrected chi connectivity index (χ4v) is 3.99. The van der Waals surface area contributed by atoms with Gasteiger partial charge in [0.15, 0.2) is 0 Å². The molecule has 0 fully saturated rings. The number of anilines is 1. The Kier molecular flexibility index (Phi) is 9.52. The maximum atomic E-state index is 12.5. The van der Waals surface area contributed by atoms with E-state index < -0.39 is 0 Å². The first-order valence-corrected chi connectivity index (χ1v) is 12.0.